The Morgan fingerprint density at radius 3 is 2.17 bits per heavy atom. The van der Waals surface area contributed by atoms with Crippen LogP contribution in [0.3, 0.4) is 0 Å². The first-order valence-corrected chi connectivity index (χ1v) is 6.74. The zero-order valence-corrected chi connectivity index (χ0v) is 12.0. The second kappa shape index (κ2) is 4.81. The lowest BCUT2D eigenvalue weighted by Crippen LogP contribution is -2.53. The van der Waals surface area contributed by atoms with E-state index >= 15 is 0 Å². The normalized spacial score (nSPS) is 18.1. The minimum Gasteiger partial charge on any atom is -0.398 e. The second-order valence-corrected chi connectivity index (χ2v) is 6.19. The fourth-order valence-corrected chi connectivity index (χ4v) is 2.46. The number of benzene rings is 1. The number of hydrogen-bond acceptors (Lipinski definition) is 3. The summed E-state index contributed by atoms with van der Waals surface area (Å²) in [4.78, 5) is 4.97. The SMILES string of the molecule is Cc1ccc(N2CCN(C(C)(C)C)CC2)cc1N. The summed E-state index contributed by atoms with van der Waals surface area (Å²) in [6.45, 7) is 13.3. The van der Waals surface area contributed by atoms with E-state index in [-0.39, 0.29) is 5.54 Å². The largest absolute Gasteiger partial charge is 0.398 e. The van der Waals surface area contributed by atoms with Crippen LogP contribution in [0, 0.1) is 6.92 Å². The number of aryl methyl sites for hydroxylation is 1. The molecule has 1 fully saturated rings. The molecule has 1 aromatic carbocycles. The van der Waals surface area contributed by atoms with Crippen LogP contribution in [-0.4, -0.2) is 36.6 Å². The van der Waals surface area contributed by atoms with Crippen molar-refractivity contribution in [3.8, 4) is 0 Å². The molecular weight excluding hydrogens is 222 g/mol. The first-order valence-electron chi connectivity index (χ1n) is 6.74. The van der Waals surface area contributed by atoms with Crippen LogP contribution in [0.25, 0.3) is 0 Å². The molecule has 100 valence electrons. The van der Waals surface area contributed by atoms with Gasteiger partial charge in [0.15, 0.2) is 0 Å². The Hall–Kier alpha value is -1.22. The van der Waals surface area contributed by atoms with Crippen molar-refractivity contribution in [2.45, 2.75) is 33.2 Å². The van der Waals surface area contributed by atoms with Crippen LogP contribution in [0.1, 0.15) is 26.3 Å². The van der Waals surface area contributed by atoms with Gasteiger partial charge in [0.05, 0.1) is 0 Å². The number of nitrogen functional groups attached to an aromatic ring is 1. The quantitative estimate of drug-likeness (QED) is 0.774. The molecule has 0 bridgehead atoms. The van der Waals surface area contributed by atoms with Gasteiger partial charge in [-0.15, -0.1) is 0 Å². The Bertz CT molecular complexity index is 412. The highest BCUT2D eigenvalue weighted by molar-refractivity contribution is 5.59. The maximum Gasteiger partial charge on any atom is 0.0387 e. The highest BCUT2D eigenvalue weighted by Crippen LogP contribution is 2.24. The second-order valence-electron chi connectivity index (χ2n) is 6.19. The van der Waals surface area contributed by atoms with Gasteiger partial charge in [-0.1, -0.05) is 6.07 Å². The maximum absolute atomic E-state index is 5.99. The van der Waals surface area contributed by atoms with E-state index in [9.17, 15) is 0 Å². The summed E-state index contributed by atoms with van der Waals surface area (Å²) < 4.78 is 0. The van der Waals surface area contributed by atoms with Crippen LogP contribution in [0.15, 0.2) is 18.2 Å². The molecule has 0 unspecified atom stereocenters. The Kier molecular flexibility index (Phi) is 3.53. The fraction of sp³-hybridized carbons (Fsp3) is 0.600. The van der Waals surface area contributed by atoms with Gasteiger partial charge in [-0.05, 0) is 45.4 Å². The molecule has 2 rings (SSSR count). The summed E-state index contributed by atoms with van der Waals surface area (Å²) in [6, 6.07) is 6.39. The van der Waals surface area contributed by atoms with E-state index < -0.39 is 0 Å². The number of nitrogens with two attached hydrogens (primary N) is 1. The Morgan fingerprint density at radius 1 is 1.06 bits per heavy atom. The standard InChI is InChI=1S/C15H25N3/c1-12-5-6-13(11-14(12)16)17-7-9-18(10-8-17)15(2,3)4/h5-6,11H,7-10,16H2,1-4H3. The predicted octanol–water partition coefficient (Wildman–Crippen LogP) is 2.50. The van der Waals surface area contributed by atoms with Crippen molar-refractivity contribution in [1.29, 1.82) is 0 Å². The van der Waals surface area contributed by atoms with Gasteiger partial charge in [0.2, 0.25) is 0 Å². The molecule has 2 N–H and O–H groups in total. The topological polar surface area (TPSA) is 32.5 Å². The summed E-state index contributed by atoms with van der Waals surface area (Å²) >= 11 is 0. The molecule has 0 atom stereocenters. The molecular formula is C15H25N3. The summed E-state index contributed by atoms with van der Waals surface area (Å²) in [5.74, 6) is 0. The maximum atomic E-state index is 5.99. The van der Waals surface area contributed by atoms with E-state index in [1.165, 1.54) is 5.69 Å². The van der Waals surface area contributed by atoms with E-state index in [0.29, 0.717) is 0 Å². The lowest BCUT2D eigenvalue weighted by Gasteiger charge is -2.43. The van der Waals surface area contributed by atoms with Gasteiger partial charge < -0.3 is 10.6 Å². The molecule has 1 aliphatic heterocycles. The van der Waals surface area contributed by atoms with E-state index in [4.69, 9.17) is 5.73 Å². The molecule has 3 nitrogen and oxygen atoms in total. The van der Waals surface area contributed by atoms with Crippen LogP contribution in [0.2, 0.25) is 0 Å². The van der Waals surface area contributed by atoms with Crippen molar-refractivity contribution >= 4 is 11.4 Å². The van der Waals surface area contributed by atoms with Gasteiger partial charge in [-0.25, -0.2) is 0 Å². The fourth-order valence-electron chi connectivity index (χ4n) is 2.46. The van der Waals surface area contributed by atoms with Crippen molar-refractivity contribution in [3.05, 3.63) is 23.8 Å². The van der Waals surface area contributed by atoms with Crippen molar-refractivity contribution < 1.29 is 0 Å². The average molecular weight is 247 g/mol. The number of nitrogens with zero attached hydrogens (tertiary/aromatic N) is 2. The lowest BCUT2D eigenvalue weighted by atomic mass is 10.0. The highest BCUT2D eigenvalue weighted by atomic mass is 15.3. The van der Waals surface area contributed by atoms with E-state index in [1.54, 1.807) is 0 Å². The Labute approximate surface area is 111 Å². The highest BCUT2D eigenvalue weighted by Gasteiger charge is 2.25. The number of anilines is 2. The van der Waals surface area contributed by atoms with Gasteiger partial charge in [-0.3, -0.25) is 4.90 Å². The molecule has 0 amide bonds. The minimum atomic E-state index is 0.276. The smallest absolute Gasteiger partial charge is 0.0387 e. The van der Waals surface area contributed by atoms with E-state index in [2.05, 4.69) is 55.7 Å². The van der Waals surface area contributed by atoms with Crippen molar-refractivity contribution in [2.24, 2.45) is 0 Å². The molecule has 0 saturated carbocycles. The summed E-state index contributed by atoms with van der Waals surface area (Å²) in [7, 11) is 0. The first-order chi connectivity index (χ1) is 8.38. The summed E-state index contributed by atoms with van der Waals surface area (Å²) in [5.41, 5.74) is 9.57. The van der Waals surface area contributed by atoms with Gasteiger partial charge in [0, 0.05) is 43.1 Å². The third kappa shape index (κ3) is 2.78. The third-order valence-electron chi connectivity index (χ3n) is 3.86. The Balaban J connectivity index is 2.03. The molecule has 3 heteroatoms. The van der Waals surface area contributed by atoms with E-state index in [0.717, 1.165) is 37.4 Å². The molecule has 1 saturated heterocycles. The lowest BCUT2D eigenvalue weighted by molar-refractivity contribution is 0.128. The van der Waals surface area contributed by atoms with E-state index in [1.807, 2.05) is 0 Å². The summed E-state index contributed by atoms with van der Waals surface area (Å²) in [5, 5.41) is 0. The Morgan fingerprint density at radius 2 is 1.67 bits per heavy atom. The van der Waals surface area contributed by atoms with Gasteiger partial charge in [0.25, 0.3) is 0 Å². The van der Waals surface area contributed by atoms with Crippen LogP contribution in [0.4, 0.5) is 11.4 Å². The van der Waals surface area contributed by atoms with Gasteiger partial charge >= 0.3 is 0 Å². The van der Waals surface area contributed by atoms with Crippen molar-refractivity contribution in [1.82, 2.24) is 4.90 Å². The van der Waals surface area contributed by atoms with Crippen LogP contribution < -0.4 is 10.6 Å². The molecule has 1 aromatic rings. The van der Waals surface area contributed by atoms with Gasteiger partial charge in [-0.2, -0.15) is 0 Å². The van der Waals surface area contributed by atoms with Crippen molar-refractivity contribution in [2.75, 3.05) is 36.8 Å². The molecule has 0 aromatic heterocycles. The van der Waals surface area contributed by atoms with Crippen LogP contribution in [-0.2, 0) is 0 Å². The van der Waals surface area contributed by atoms with Gasteiger partial charge in [0.1, 0.15) is 0 Å². The van der Waals surface area contributed by atoms with Crippen LogP contribution >= 0.6 is 0 Å². The predicted molar refractivity (Wildman–Crippen MR) is 79.1 cm³/mol. The van der Waals surface area contributed by atoms with Crippen molar-refractivity contribution in [3.63, 3.8) is 0 Å². The molecule has 0 radical (unpaired) electrons. The number of rotatable bonds is 1. The molecule has 0 aliphatic carbocycles. The number of piperazine rings is 1. The monoisotopic (exact) mass is 247 g/mol. The zero-order chi connectivity index (χ0) is 13.3. The minimum absolute atomic E-state index is 0.276. The molecule has 0 spiro atoms. The molecule has 18 heavy (non-hydrogen) atoms. The first kappa shape index (κ1) is 13.2. The average Bonchev–Trinajstić information content (AvgIpc) is 2.32. The molecule has 1 aliphatic rings. The van der Waals surface area contributed by atoms with Crippen LogP contribution in [0.5, 0.6) is 0 Å². The third-order valence-corrected chi connectivity index (χ3v) is 3.86. The number of hydrogen-bond donors (Lipinski definition) is 1. The summed E-state index contributed by atoms with van der Waals surface area (Å²) in [6.07, 6.45) is 0. The zero-order valence-electron chi connectivity index (χ0n) is 12.0. The molecule has 1 heterocycles.